The number of methoxy groups -OCH3 is 1. The molecule has 1 atom stereocenters. The highest BCUT2D eigenvalue weighted by atomic mass is 16.5. The van der Waals surface area contributed by atoms with Crippen molar-refractivity contribution in [2.75, 3.05) is 7.11 Å². The van der Waals surface area contributed by atoms with E-state index >= 15 is 0 Å². The van der Waals surface area contributed by atoms with Crippen molar-refractivity contribution >= 4 is 0 Å². The summed E-state index contributed by atoms with van der Waals surface area (Å²) < 4.78 is 13.2. The predicted molar refractivity (Wildman–Crippen MR) is 126 cm³/mol. The number of hydrogen-bond acceptors (Lipinski definition) is 7. The molecule has 3 heterocycles. The molecule has 0 saturated heterocycles. The number of rotatable bonds is 8. The topological polar surface area (TPSA) is 151 Å². The summed E-state index contributed by atoms with van der Waals surface area (Å²) in [6.07, 6.45) is 2.60. The molecule has 0 aliphatic carbocycles. The zero-order valence-corrected chi connectivity index (χ0v) is 19.8. The SMILES string of the molecule is CCCCn1c([O-])c(C2c3cc(OC)ccc3Oc3[nH]c(=O)n(CCCC)c(=O)c32)c(=O)[nH]c1=O. The van der Waals surface area contributed by atoms with Gasteiger partial charge in [0.15, 0.2) is 0 Å². The minimum absolute atomic E-state index is 0.0512. The first kappa shape index (κ1) is 24.1. The number of fused-ring (bicyclic) bond motifs is 2. The highest BCUT2D eigenvalue weighted by molar-refractivity contribution is 5.58. The normalized spacial score (nSPS) is 14.2. The Labute approximate surface area is 199 Å². The van der Waals surface area contributed by atoms with Crippen LogP contribution in [0.25, 0.3) is 0 Å². The molecule has 1 unspecified atom stereocenters. The van der Waals surface area contributed by atoms with Gasteiger partial charge in [-0.15, -0.1) is 0 Å². The molecule has 0 radical (unpaired) electrons. The maximum absolute atomic E-state index is 13.6. The lowest BCUT2D eigenvalue weighted by molar-refractivity contribution is -0.281. The molecule has 2 aromatic heterocycles. The molecule has 0 amide bonds. The van der Waals surface area contributed by atoms with E-state index in [1.54, 1.807) is 18.2 Å². The van der Waals surface area contributed by atoms with E-state index in [4.69, 9.17) is 9.47 Å². The van der Waals surface area contributed by atoms with Crippen molar-refractivity contribution in [2.24, 2.45) is 0 Å². The Morgan fingerprint density at radius 3 is 2.29 bits per heavy atom. The van der Waals surface area contributed by atoms with Crippen LogP contribution in [0.15, 0.2) is 37.4 Å². The number of aromatic amines is 2. The van der Waals surface area contributed by atoms with Gasteiger partial charge in [0.1, 0.15) is 11.5 Å². The number of H-pyrrole nitrogens is 2. The Morgan fingerprint density at radius 2 is 1.63 bits per heavy atom. The molecule has 11 heteroatoms. The molecule has 0 fully saturated rings. The maximum Gasteiger partial charge on any atom is 0.331 e. The van der Waals surface area contributed by atoms with E-state index in [1.165, 1.54) is 7.11 Å². The maximum atomic E-state index is 13.6. The number of hydrogen-bond donors (Lipinski definition) is 2. The molecule has 1 aromatic carbocycles. The predicted octanol–water partition coefficient (Wildman–Crippen LogP) is 1.35. The second kappa shape index (κ2) is 9.69. The van der Waals surface area contributed by atoms with Crippen molar-refractivity contribution in [3.63, 3.8) is 0 Å². The monoisotopic (exact) mass is 483 g/mol. The third-order valence-corrected chi connectivity index (χ3v) is 6.16. The molecule has 3 aromatic rings. The Kier molecular flexibility index (Phi) is 6.68. The standard InChI is InChI=1S/C24H28N4O7/c1-4-6-10-27-21(30)17(19(29)25-23(27)32)16-14-12-13(34-3)8-9-15(14)35-20-18(16)22(31)28(11-7-5-2)24(33)26-20/h8-9,12,16,30H,4-7,10-11H2,1-3H3,(H,26,33)(H,25,29,32)/p-1. The molecular formula is C24H27N4O7-. The average molecular weight is 484 g/mol. The highest BCUT2D eigenvalue weighted by Crippen LogP contribution is 2.46. The van der Waals surface area contributed by atoms with Crippen molar-refractivity contribution < 1.29 is 14.6 Å². The van der Waals surface area contributed by atoms with Crippen LogP contribution < -0.4 is 37.1 Å². The summed E-state index contributed by atoms with van der Waals surface area (Å²) in [5.74, 6) is -1.45. The number of unbranched alkanes of at least 4 members (excludes halogenated alkanes) is 2. The lowest BCUT2D eigenvalue weighted by Crippen LogP contribution is -2.42. The van der Waals surface area contributed by atoms with Gasteiger partial charge in [-0.2, -0.15) is 0 Å². The van der Waals surface area contributed by atoms with Crippen molar-refractivity contribution in [2.45, 2.75) is 58.5 Å². The average Bonchev–Trinajstić information content (AvgIpc) is 2.83. The van der Waals surface area contributed by atoms with Crippen LogP contribution in [0.4, 0.5) is 0 Å². The molecule has 2 N–H and O–H groups in total. The van der Waals surface area contributed by atoms with E-state index in [2.05, 4.69) is 9.97 Å². The van der Waals surface area contributed by atoms with E-state index in [1.807, 2.05) is 13.8 Å². The first-order valence-electron chi connectivity index (χ1n) is 11.6. The fraction of sp³-hybridized carbons (Fsp3) is 0.417. The Balaban J connectivity index is 2.08. The number of benzene rings is 1. The van der Waals surface area contributed by atoms with Gasteiger partial charge in [0, 0.05) is 24.2 Å². The molecule has 35 heavy (non-hydrogen) atoms. The van der Waals surface area contributed by atoms with Crippen LogP contribution in [-0.2, 0) is 13.1 Å². The van der Waals surface area contributed by atoms with E-state index in [9.17, 15) is 24.3 Å². The van der Waals surface area contributed by atoms with E-state index in [-0.39, 0.29) is 35.8 Å². The molecule has 1 aliphatic heterocycles. The van der Waals surface area contributed by atoms with Gasteiger partial charge >= 0.3 is 11.4 Å². The lowest BCUT2D eigenvalue weighted by atomic mass is 9.84. The third kappa shape index (κ3) is 4.17. The first-order chi connectivity index (χ1) is 16.8. The fourth-order valence-corrected chi connectivity index (χ4v) is 4.30. The Hall–Kier alpha value is -4.02. The largest absolute Gasteiger partial charge is 0.860 e. The van der Waals surface area contributed by atoms with Crippen molar-refractivity contribution in [3.05, 3.63) is 76.6 Å². The van der Waals surface area contributed by atoms with Crippen LogP contribution in [0.2, 0.25) is 0 Å². The van der Waals surface area contributed by atoms with Crippen LogP contribution in [0, 0.1) is 0 Å². The Morgan fingerprint density at radius 1 is 0.971 bits per heavy atom. The smallest absolute Gasteiger partial charge is 0.331 e. The van der Waals surface area contributed by atoms with E-state index in [0.717, 1.165) is 22.0 Å². The molecule has 186 valence electrons. The van der Waals surface area contributed by atoms with Gasteiger partial charge in [-0.1, -0.05) is 26.7 Å². The van der Waals surface area contributed by atoms with Crippen molar-refractivity contribution in [1.82, 2.24) is 19.1 Å². The van der Waals surface area contributed by atoms with Crippen LogP contribution in [0.1, 0.15) is 62.1 Å². The number of aromatic nitrogens is 4. The minimum Gasteiger partial charge on any atom is -0.860 e. The molecule has 0 spiro atoms. The summed E-state index contributed by atoms with van der Waals surface area (Å²) in [4.78, 5) is 56.5. The summed E-state index contributed by atoms with van der Waals surface area (Å²) >= 11 is 0. The van der Waals surface area contributed by atoms with Crippen molar-refractivity contribution in [3.8, 4) is 23.3 Å². The van der Waals surface area contributed by atoms with Crippen molar-refractivity contribution in [1.29, 1.82) is 0 Å². The summed E-state index contributed by atoms with van der Waals surface area (Å²) in [6.45, 7) is 4.11. The zero-order chi connectivity index (χ0) is 25.3. The van der Waals surface area contributed by atoms with Gasteiger partial charge < -0.3 is 19.1 Å². The van der Waals surface area contributed by atoms with Gasteiger partial charge in [-0.05, 0) is 36.9 Å². The second-order valence-electron chi connectivity index (χ2n) is 8.41. The molecule has 4 rings (SSSR count). The first-order valence-corrected chi connectivity index (χ1v) is 11.6. The second-order valence-corrected chi connectivity index (χ2v) is 8.41. The van der Waals surface area contributed by atoms with Crippen LogP contribution >= 0.6 is 0 Å². The fourth-order valence-electron chi connectivity index (χ4n) is 4.30. The number of nitrogens with one attached hydrogen (secondary N) is 2. The summed E-state index contributed by atoms with van der Waals surface area (Å²) in [6, 6.07) is 4.76. The lowest BCUT2D eigenvalue weighted by Gasteiger charge is -2.31. The van der Waals surface area contributed by atoms with Gasteiger partial charge in [0.25, 0.3) is 11.1 Å². The summed E-state index contributed by atoms with van der Waals surface area (Å²) in [5.41, 5.74) is -3.04. The molecule has 1 aliphatic rings. The van der Waals surface area contributed by atoms with Gasteiger partial charge in [0.05, 0.1) is 18.6 Å². The molecule has 0 bridgehead atoms. The Bertz CT molecular complexity index is 1490. The van der Waals surface area contributed by atoms with E-state index in [0.29, 0.717) is 24.2 Å². The van der Waals surface area contributed by atoms with Crippen LogP contribution in [0.5, 0.6) is 23.3 Å². The number of ether oxygens (including phenoxy) is 2. The van der Waals surface area contributed by atoms with Gasteiger partial charge in [-0.3, -0.25) is 24.1 Å². The summed E-state index contributed by atoms with van der Waals surface area (Å²) in [7, 11) is 1.46. The van der Waals surface area contributed by atoms with Crippen LogP contribution in [0.3, 0.4) is 0 Å². The molecule has 11 nitrogen and oxygen atoms in total. The van der Waals surface area contributed by atoms with E-state index < -0.39 is 34.3 Å². The zero-order valence-electron chi connectivity index (χ0n) is 19.8. The summed E-state index contributed by atoms with van der Waals surface area (Å²) in [5, 5.41) is 13.5. The quantitative estimate of drug-likeness (QED) is 0.384. The molecule has 0 saturated carbocycles. The van der Waals surface area contributed by atoms with Gasteiger partial charge in [-0.25, -0.2) is 9.59 Å². The third-order valence-electron chi connectivity index (χ3n) is 6.16. The minimum atomic E-state index is -1.19. The van der Waals surface area contributed by atoms with Crippen LogP contribution in [-0.4, -0.2) is 26.2 Å². The van der Waals surface area contributed by atoms with Gasteiger partial charge in [0.2, 0.25) is 5.88 Å². The molecular weight excluding hydrogens is 456 g/mol. The highest BCUT2D eigenvalue weighted by Gasteiger charge is 2.36. The number of nitrogens with zero attached hydrogens (tertiary/aromatic N) is 2.